The second kappa shape index (κ2) is 5.67. The SMILES string of the molecule is CCOC(=O)CNC(=O)c1c(Br)nn(C)c1N. The van der Waals surface area contributed by atoms with E-state index in [0.29, 0.717) is 4.60 Å². The second-order valence-electron chi connectivity index (χ2n) is 3.16. The van der Waals surface area contributed by atoms with Gasteiger partial charge in [-0.15, -0.1) is 0 Å². The average molecular weight is 305 g/mol. The molecule has 1 aromatic rings. The highest BCUT2D eigenvalue weighted by Gasteiger charge is 2.19. The summed E-state index contributed by atoms with van der Waals surface area (Å²) in [6.45, 7) is 1.76. The Morgan fingerprint density at radius 2 is 2.24 bits per heavy atom. The number of nitrogen functional groups attached to an aromatic ring is 1. The number of rotatable bonds is 4. The minimum atomic E-state index is -0.501. The van der Waals surface area contributed by atoms with E-state index in [-0.39, 0.29) is 24.5 Å². The standard InChI is InChI=1S/C9H13BrN4O3/c1-3-17-5(15)4-12-9(16)6-7(10)13-14(2)8(6)11/h3-4,11H2,1-2H3,(H,12,16). The van der Waals surface area contributed by atoms with Crippen molar-refractivity contribution in [1.82, 2.24) is 15.1 Å². The fourth-order valence-electron chi connectivity index (χ4n) is 1.17. The smallest absolute Gasteiger partial charge is 0.325 e. The van der Waals surface area contributed by atoms with Crippen LogP contribution in [0.25, 0.3) is 0 Å². The Labute approximate surface area is 106 Å². The normalized spacial score (nSPS) is 10.1. The highest BCUT2D eigenvalue weighted by atomic mass is 79.9. The van der Waals surface area contributed by atoms with Gasteiger partial charge in [-0.1, -0.05) is 0 Å². The summed E-state index contributed by atoms with van der Waals surface area (Å²) in [5.41, 5.74) is 5.87. The van der Waals surface area contributed by atoms with E-state index in [9.17, 15) is 9.59 Å². The molecule has 3 N–H and O–H groups in total. The van der Waals surface area contributed by atoms with Crippen molar-refractivity contribution in [1.29, 1.82) is 0 Å². The molecule has 1 heterocycles. The summed E-state index contributed by atoms with van der Waals surface area (Å²) in [6, 6.07) is 0. The third-order valence-corrected chi connectivity index (χ3v) is 2.53. The van der Waals surface area contributed by atoms with Crippen LogP contribution in [-0.4, -0.2) is 34.8 Å². The highest BCUT2D eigenvalue weighted by Crippen LogP contribution is 2.20. The molecule has 1 aromatic heterocycles. The van der Waals surface area contributed by atoms with Crippen molar-refractivity contribution < 1.29 is 14.3 Å². The Morgan fingerprint density at radius 1 is 1.59 bits per heavy atom. The van der Waals surface area contributed by atoms with Crippen LogP contribution in [0.15, 0.2) is 4.60 Å². The molecule has 0 saturated carbocycles. The topological polar surface area (TPSA) is 99.2 Å². The lowest BCUT2D eigenvalue weighted by atomic mass is 10.3. The molecule has 0 atom stereocenters. The van der Waals surface area contributed by atoms with Gasteiger partial charge < -0.3 is 15.8 Å². The molecule has 0 unspecified atom stereocenters. The molecule has 8 heteroatoms. The zero-order valence-electron chi connectivity index (χ0n) is 9.49. The lowest BCUT2D eigenvalue weighted by Crippen LogP contribution is -2.31. The number of hydrogen-bond acceptors (Lipinski definition) is 5. The van der Waals surface area contributed by atoms with E-state index in [2.05, 4.69) is 31.1 Å². The Hall–Kier alpha value is -1.57. The summed E-state index contributed by atoms with van der Waals surface area (Å²) in [6.07, 6.45) is 0. The minimum absolute atomic E-state index is 0.201. The summed E-state index contributed by atoms with van der Waals surface area (Å²) in [5.74, 6) is -0.756. The van der Waals surface area contributed by atoms with Crippen LogP contribution < -0.4 is 11.1 Å². The molecule has 17 heavy (non-hydrogen) atoms. The van der Waals surface area contributed by atoms with Gasteiger partial charge >= 0.3 is 5.97 Å². The van der Waals surface area contributed by atoms with Crippen LogP contribution in [0.2, 0.25) is 0 Å². The van der Waals surface area contributed by atoms with Crippen LogP contribution >= 0.6 is 15.9 Å². The Kier molecular flexibility index (Phi) is 4.50. The monoisotopic (exact) mass is 304 g/mol. The number of anilines is 1. The third-order valence-electron chi connectivity index (χ3n) is 1.97. The van der Waals surface area contributed by atoms with Gasteiger partial charge in [-0.3, -0.25) is 14.3 Å². The Balaban J connectivity index is 2.67. The zero-order valence-corrected chi connectivity index (χ0v) is 11.1. The van der Waals surface area contributed by atoms with E-state index >= 15 is 0 Å². The third kappa shape index (κ3) is 3.19. The highest BCUT2D eigenvalue weighted by molar-refractivity contribution is 9.10. The second-order valence-corrected chi connectivity index (χ2v) is 3.91. The summed E-state index contributed by atoms with van der Waals surface area (Å²) < 4.78 is 6.37. The summed E-state index contributed by atoms with van der Waals surface area (Å²) in [7, 11) is 1.61. The van der Waals surface area contributed by atoms with Gasteiger partial charge in [0.1, 0.15) is 22.5 Å². The van der Waals surface area contributed by atoms with Gasteiger partial charge in [0.2, 0.25) is 0 Å². The number of aromatic nitrogens is 2. The number of amides is 1. The number of esters is 1. The first kappa shape index (κ1) is 13.5. The fourth-order valence-corrected chi connectivity index (χ4v) is 1.79. The molecule has 1 amide bonds. The van der Waals surface area contributed by atoms with Crippen LogP contribution in [0, 0.1) is 0 Å². The first-order chi connectivity index (χ1) is 7.97. The number of halogens is 1. The quantitative estimate of drug-likeness (QED) is 0.766. The van der Waals surface area contributed by atoms with Gasteiger partial charge in [0.25, 0.3) is 5.91 Å². The Morgan fingerprint density at radius 3 is 2.71 bits per heavy atom. The maximum Gasteiger partial charge on any atom is 0.325 e. The number of nitrogens with one attached hydrogen (secondary N) is 1. The van der Waals surface area contributed by atoms with E-state index < -0.39 is 11.9 Å². The van der Waals surface area contributed by atoms with Gasteiger partial charge in [-0.05, 0) is 22.9 Å². The number of carbonyl (C=O) groups is 2. The van der Waals surface area contributed by atoms with Gasteiger partial charge in [-0.25, -0.2) is 0 Å². The lowest BCUT2D eigenvalue weighted by molar-refractivity contribution is -0.141. The summed E-state index contributed by atoms with van der Waals surface area (Å²) in [5, 5.41) is 6.33. The van der Waals surface area contributed by atoms with Gasteiger partial charge in [-0.2, -0.15) is 5.10 Å². The molecule has 1 rings (SSSR count). The molecule has 0 radical (unpaired) electrons. The van der Waals surface area contributed by atoms with Crippen LogP contribution in [-0.2, 0) is 16.6 Å². The minimum Gasteiger partial charge on any atom is -0.465 e. The van der Waals surface area contributed by atoms with Crippen molar-refractivity contribution in [3.05, 3.63) is 10.2 Å². The van der Waals surface area contributed by atoms with Crippen LogP contribution in [0.4, 0.5) is 5.82 Å². The van der Waals surface area contributed by atoms with Crippen LogP contribution in [0.5, 0.6) is 0 Å². The summed E-state index contributed by atoms with van der Waals surface area (Å²) in [4.78, 5) is 22.8. The first-order valence-electron chi connectivity index (χ1n) is 4.89. The van der Waals surface area contributed by atoms with Crippen molar-refractivity contribution in [3.8, 4) is 0 Å². The van der Waals surface area contributed by atoms with Crippen molar-refractivity contribution in [3.63, 3.8) is 0 Å². The predicted molar refractivity (Wildman–Crippen MR) is 64.3 cm³/mol. The molecule has 0 aliphatic heterocycles. The molecule has 0 aliphatic rings. The number of aryl methyl sites for hydroxylation is 1. The zero-order chi connectivity index (χ0) is 13.0. The van der Waals surface area contributed by atoms with E-state index in [4.69, 9.17) is 5.73 Å². The van der Waals surface area contributed by atoms with Crippen molar-refractivity contribution in [2.75, 3.05) is 18.9 Å². The molecular weight excluding hydrogens is 292 g/mol. The fraction of sp³-hybridized carbons (Fsp3) is 0.444. The number of ether oxygens (including phenoxy) is 1. The van der Waals surface area contributed by atoms with E-state index in [1.165, 1.54) is 4.68 Å². The van der Waals surface area contributed by atoms with E-state index in [1.54, 1.807) is 14.0 Å². The molecule has 0 bridgehead atoms. The summed E-state index contributed by atoms with van der Waals surface area (Å²) >= 11 is 3.12. The molecule has 0 fully saturated rings. The van der Waals surface area contributed by atoms with Crippen molar-refractivity contribution >= 4 is 33.6 Å². The van der Waals surface area contributed by atoms with Crippen LogP contribution in [0.3, 0.4) is 0 Å². The van der Waals surface area contributed by atoms with Gasteiger partial charge in [0.15, 0.2) is 0 Å². The molecule has 0 spiro atoms. The number of carbonyl (C=O) groups excluding carboxylic acids is 2. The number of nitrogens with zero attached hydrogens (tertiary/aromatic N) is 2. The first-order valence-corrected chi connectivity index (χ1v) is 5.68. The predicted octanol–water partition coefficient (Wildman–Crippen LogP) is 0.0577. The number of hydrogen-bond donors (Lipinski definition) is 2. The van der Waals surface area contributed by atoms with E-state index in [1.807, 2.05) is 0 Å². The van der Waals surface area contributed by atoms with Crippen LogP contribution in [0.1, 0.15) is 17.3 Å². The molecular formula is C9H13BrN4O3. The Bertz CT molecular complexity index is 444. The molecule has 0 aromatic carbocycles. The molecule has 0 saturated heterocycles. The molecule has 94 valence electrons. The lowest BCUT2D eigenvalue weighted by Gasteiger charge is -2.04. The van der Waals surface area contributed by atoms with E-state index in [0.717, 1.165) is 0 Å². The maximum atomic E-state index is 11.7. The van der Waals surface area contributed by atoms with Gasteiger partial charge in [0.05, 0.1) is 6.61 Å². The largest absolute Gasteiger partial charge is 0.465 e. The average Bonchev–Trinajstić information content (AvgIpc) is 2.50. The van der Waals surface area contributed by atoms with Crippen molar-refractivity contribution in [2.45, 2.75) is 6.92 Å². The van der Waals surface area contributed by atoms with Crippen molar-refractivity contribution in [2.24, 2.45) is 7.05 Å². The maximum absolute atomic E-state index is 11.7. The number of nitrogens with two attached hydrogens (primary N) is 1. The molecule has 0 aliphatic carbocycles. The van der Waals surface area contributed by atoms with Gasteiger partial charge in [0, 0.05) is 7.05 Å². The molecule has 7 nitrogen and oxygen atoms in total.